The summed E-state index contributed by atoms with van der Waals surface area (Å²) in [5, 5.41) is 4.05. The van der Waals surface area contributed by atoms with Crippen molar-refractivity contribution in [2.24, 2.45) is 5.10 Å². The zero-order valence-corrected chi connectivity index (χ0v) is 21.4. The molecule has 7 nitrogen and oxygen atoms in total. The highest BCUT2D eigenvalue weighted by molar-refractivity contribution is 9.10. The second-order valence-corrected chi connectivity index (χ2v) is 10.5. The second-order valence-electron chi connectivity index (χ2n) is 7.72. The van der Waals surface area contributed by atoms with Crippen LogP contribution in [0.25, 0.3) is 5.69 Å². The van der Waals surface area contributed by atoms with E-state index in [0.29, 0.717) is 5.69 Å². The van der Waals surface area contributed by atoms with Crippen LogP contribution < -0.4 is 9.73 Å². The topological polar surface area (TPSA) is 83.8 Å². The smallest absolute Gasteiger partial charge is 0.260 e. The van der Waals surface area contributed by atoms with Crippen LogP contribution >= 0.6 is 15.9 Å². The van der Waals surface area contributed by atoms with E-state index >= 15 is 0 Å². The van der Waals surface area contributed by atoms with Gasteiger partial charge in [-0.25, -0.2) is 13.8 Å². The van der Waals surface area contributed by atoms with Gasteiger partial charge in [-0.1, -0.05) is 35.0 Å². The van der Waals surface area contributed by atoms with Crippen molar-refractivity contribution in [3.05, 3.63) is 81.6 Å². The molecule has 0 bridgehead atoms. The Morgan fingerprint density at radius 2 is 1.76 bits per heavy atom. The first kappa shape index (κ1) is 24.7. The van der Waals surface area contributed by atoms with Crippen molar-refractivity contribution in [3.63, 3.8) is 0 Å². The highest BCUT2D eigenvalue weighted by Gasteiger charge is 2.20. The van der Waals surface area contributed by atoms with Crippen molar-refractivity contribution < 1.29 is 13.2 Å². The number of hydrogen-bond acceptors (Lipinski definition) is 4. The zero-order valence-electron chi connectivity index (χ0n) is 19.0. The summed E-state index contributed by atoms with van der Waals surface area (Å²) in [5.74, 6) is -0.530. The summed E-state index contributed by atoms with van der Waals surface area (Å²) in [7, 11) is -3.64. The van der Waals surface area contributed by atoms with Gasteiger partial charge >= 0.3 is 0 Å². The number of anilines is 1. The number of aromatic nitrogens is 1. The van der Waals surface area contributed by atoms with Crippen LogP contribution in [-0.2, 0) is 21.2 Å². The molecule has 0 spiro atoms. The monoisotopic (exact) mass is 530 g/mol. The summed E-state index contributed by atoms with van der Waals surface area (Å²) in [5.41, 5.74) is 7.84. The van der Waals surface area contributed by atoms with Crippen molar-refractivity contribution in [1.82, 2.24) is 9.99 Å². The normalized spacial score (nSPS) is 11.7. The van der Waals surface area contributed by atoms with Crippen molar-refractivity contribution in [1.29, 1.82) is 0 Å². The lowest BCUT2D eigenvalue weighted by molar-refractivity contribution is -0.119. The van der Waals surface area contributed by atoms with Gasteiger partial charge in [-0.15, -0.1) is 0 Å². The molecule has 1 N–H and O–H groups in total. The SMILES string of the molecule is CCc1ccc(N(CC(=O)N/N=C\c2cc(C)n(-c3ccc(Br)cc3)c2C)S(C)(=O)=O)cc1. The fourth-order valence-electron chi connectivity index (χ4n) is 3.54. The molecule has 1 heterocycles. The molecule has 0 aliphatic heterocycles. The number of sulfonamides is 1. The van der Waals surface area contributed by atoms with Crippen molar-refractivity contribution in [2.45, 2.75) is 27.2 Å². The molecule has 1 amide bonds. The molecule has 0 aliphatic rings. The Balaban J connectivity index is 1.72. The molecule has 9 heteroatoms. The highest BCUT2D eigenvalue weighted by Crippen LogP contribution is 2.22. The fraction of sp³-hybridized carbons (Fsp3) is 0.250. The van der Waals surface area contributed by atoms with Crippen LogP contribution in [0.1, 0.15) is 29.4 Å². The third-order valence-electron chi connectivity index (χ3n) is 5.27. The molecular weight excluding hydrogens is 504 g/mol. The Morgan fingerprint density at radius 1 is 1.12 bits per heavy atom. The number of carbonyl (C=O) groups is 1. The number of aryl methyl sites for hydroxylation is 2. The Labute approximate surface area is 203 Å². The van der Waals surface area contributed by atoms with Gasteiger partial charge in [0.25, 0.3) is 5.91 Å². The van der Waals surface area contributed by atoms with Gasteiger partial charge in [0.1, 0.15) is 6.54 Å². The molecule has 0 saturated carbocycles. The van der Waals surface area contributed by atoms with E-state index in [1.54, 1.807) is 18.3 Å². The molecule has 0 unspecified atom stereocenters. The summed E-state index contributed by atoms with van der Waals surface area (Å²) in [4.78, 5) is 12.5. The molecule has 0 aliphatic carbocycles. The van der Waals surface area contributed by atoms with E-state index in [2.05, 4.69) is 31.0 Å². The molecule has 0 fully saturated rings. The first-order valence-electron chi connectivity index (χ1n) is 10.4. The number of hydrogen-bond donors (Lipinski definition) is 1. The zero-order chi connectivity index (χ0) is 24.2. The van der Waals surface area contributed by atoms with Crippen LogP contribution in [0.2, 0.25) is 0 Å². The number of amides is 1. The van der Waals surface area contributed by atoms with Crippen molar-refractivity contribution in [3.8, 4) is 5.69 Å². The highest BCUT2D eigenvalue weighted by atomic mass is 79.9. The second kappa shape index (κ2) is 10.4. The maximum Gasteiger partial charge on any atom is 0.260 e. The first-order chi connectivity index (χ1) is 15.6. The van der Waals surface area contributed by atoms with Gasteiger partial charge in [-0.2, -0.15) is 5.10 Å². The van der Waals surface area contributed by atoms with Gasteiger partial charge in [0.2, 0.25) is 10.0 Å². The summed E-state index contributed by atoms with van der Waals surface area (Å²) >= 11 is 3.45. The van der Waals surface area contributed by atoms with Gasteiger partial charge in [0.15, 0.2) is 0 Å². The number of benzene rings is 2. The Bertz CT molecular complexity index is 1260. The number of nitrogens with one attached hydrogen (secondary N) is 1. The van der Waals surface area contributed by atoms with E-state index < -0.39 is 15.9 Å². The lowest BCUT2D eigenvalue weighted by Crippen LogP contribution is -2.39. The lowest BCUT2D eigenvalue weighted by atomic mass is 10.1. The van der Waals surface area contributed by atoms with Crippen LogP contribution in [0.4, 0.5) is 5.69 Å². The van der Waals surface area contributed by atoms with E-state index in [-0.39, 0.29) is 6.54 Å². The minimum Gasteiger partial charge on any atom is -0.318 e. The van der Waals surface area contributed by atoms with Gasteiger partial charge in [-0.05, 0) is 68.3 Å². The third-order valence-corrected chi connectivity index (χ3v) is 6.94. The van der Waals surface area contributed by atoms with Crippen LogP contribution in [0, 0.1) is 13.8 Å². The Kier molecular flexibility index (Phi) is 7.76. The van der Waals surface area contributed by atoms with Crippen LogP contribution in [0.3, 0.4) is 0 Å². The number of carbonyl (C=O) groups excluding carboxylic acids is 1. The largest absolute Gasteiger partial charge is 0.318 e. The lowest BCUT2D eigenvalue weighted by Gasteiger charge is -2.21. The average Bonchev–Trinajstić information content (AvgIpc) is 3.05. The Hall–Kier alpha value is -2.91. The van der Waals surface area contributed by atoms with Gasteiger partial charge < -0.3 is 4.57 Å². The Morgan fingerprint density at radius 3 is 2.33 bits per heavy atom. The summed E-state index contributed by atoms with van der Waals surface area (Å²) in [6.45, 7) is 5.63. The minimum absolute atomic E-state index is 0.362. The minimum atomic E-state index is -3.64. The molecular formula is C24H27BrN4O3S. The molecule has 0 saturated heterocycles. The summed E-state index contributed by atoms with van der Waals surface area (Å²) in [6.07, 6.45) is 3.49. The van der Waals surface area contributed by atoms with Crippen LogP contribution in [-0.4, -0.2) is 37.9 Å². The third kappa shape index (κ3) is 6.11. The number of hydrazone groups is 1. The van der Waals surface area contributed by atoms with E-state index in [9.17, 15) is 13.2 Å². The first-order valence-corrected chi connectivity index (χ1v) is 13.1. The van der Waals surface area contributed by atoms with E-state index in [4.69, 9.17) is 0 Å². The van der Waals surface area contributed by atoms with E-state index in [0.717, 1.165) is 49.7 Å². The summed E-state index contributed by atoms with van der Waals surface area (Å²) in [6, 6.07) is 17.1. The predicted octanol–water partition coefficient (Wildman–Crippen LogP) is 4.34. The molecule has 0 radical (unpaired) electrons. The molecule has 2 aromatic carbocycles. The molecule has 174 valence electrons. The number of nitrogens with zero attached hydrogens (tertiary/aromatic N) is 3. The van der Waals surface area contributed by atoms with E-state index in [1.165, 1.54) is 0 Å². The van der Waals surface area contributed by atoms with Gasteiger partial charge in [0.05, 0.1) is 18.2 Å². The van der Waals surface area contributed by atoms with Gasteiger partial charge in [-0.3, -0.25) is 9.10 Å². The molecule has 0 atom stereocenters. The average molecular weight is 531 g/mol. The van der Waals surface area contributed by atoms with Crippen LogP contribution in [0.15, 0.2) is 64.2 Å². The molecule has 3 rings (SSSR count). The van der Waals surface area contributed by atoms with Crippen molar-refractivity contribution >= 4 is 43.8 Å². The molecule has 3 aromatic rings. The van der Waals surface area contributed by atoms with Crippen molar-refractivity contribution in [2.75, 3.05) is 17.1 Å². The summed E-state index contributed by atoms with van der Waals surface area (Å²) < 4.78 is 28.7. The van der Waals surface area contributed by atoms with Gasteiger partial charge in [0, 0.05) is 27.1 Å². The van der Waals surface area contributed by atoms with Crippen LogP contribution in [0.5, 0.6) is 0 Å². The fourth-order valence-corrected chi connectivity index (χ4v) is 4.66. The maximum atomic E-state index is 12.5. The predicted molar refractivity (Wildman–Crippen MR) is 137 cm³/mol. The molecule has 33 heavy (non-hydrogen) atoms. The number of halogens is 1. The quantitative estimate of drug-likeness (QED) is 0.347. The maximum absolute atomic E-state index is 12.5. The molecule has 1 aromatic heterocycles. The number of rotatable bonds is 8. The standard InChI is InChI=1S/C24H27BrN4O3S/c1-5-19-6-10-22(11-7-19)28(33(4,31)32)16-24(30)27-26-15-20-14-17(2)29(18(20)3)23-12-8-21(25)9-13-23/h6-15H,5,16H2,1-4H3,(H,27,30)/b26-15-. The van der Waals surface area contributed by atoms with E-state index in [1.807, 2.05) is 63.2 Å².